The Balaban J connectivity index is 1.85. The molecular formula is C18H18F2N4. The van der Waals surface area contributed by atoms with Crippen LogP contribution in [0, 0.1) is 17.6 Å². The van der Waals surface area contributed by atoms with Gasteiger partial charge in [-0.05, 0) is 44.0 Å². The van der Waals surface area contributed by atoms with E-state index in [2.05, 4.69) is 15.3 Å². The topological polar surface area (TPSA) is 42.7 Å². The lowest BCUT2D eigenvalue weighted by molar-refractivity contribution is 0.341. The van der Waals surface area contributed by atoms with Gasteiger partial charge < -0.3 is 9.88 Å². The quantitative estimate of drug-likeness (QED) is 0.801. The number of piperidine rings is 1. The van der Waals surface area contributed by atoms with E-state index in [1.807, 2.05) is 22.8 Å². The second-order valence-corrected chi connectivity index (χ2v) is 6.23. The molecule has 4 rings (SSSR count). The number of nitrogens with one attached hydrogen (secondary N) is 1. The van der Waals surface area contributed by atoms with Crippen molar-refractivity contribution in [3.63, 3.8) is 0 Å². The molecule has 1 N–H and O–H groups in total. The monoisotopic (exact) mass is 328 g/mol. The Morgan fingerprint density at radius 2 is 2.08 bits per heavy atom. The Morgan fingerprint density at radius 1 is 1.21 bits per heavy atom. The minimum atomic E-state index is -0.876. The van der Waals surface area contributed by atoms with Crippen LogP contribution < -0.4 is 5.32 Å². The van der Waals surface area contributed by atoms with Crippen molar-refractivity contribution in [2.75, 3.05) is 13.1 Å². The number of rotatable bonds is 3. The minimum Gasteiger partial charge on any atom is -0.322 e. The van der Waals surface area contributed by atoms with Gasteiger partial charge in [-0.1, -0.05) is 6.07 Å². The highest BCUT2D eigenvalue weighted by atomic mass is 19.2. The largest absolute Gasteiger partial charge is 0.322 e. The lowest BCUT2D eigenvalue weighted by Crippen LogP contribution is -2.32. The van der Waals surface area contributed by atoms with E-state index in [1.54, 1.807) is 6.20 Å². The van der Waals surface area contributed by atoms with Crippen LogP contribution >= 0.6 is 0 Å². The van der Waals surface area contributed by atoms with Crippen molar-refractivity contribution in [2.45, 2.75) is 19.4 Å². The molecule has 0 spiro atoms. The molecule has 2 aromatic heterocycles. The normalized spacial score (nSPS) is 18.2. The standard InChI is InChI=1S/C18H18F2N4/c19-13-8-16-17(9-14(13)20)24(11-12-4-3-6-21-10-12)18(23-16)15-5-1-2-7-22-15/h1-2,5,7-9,12,21H,3-4,6,10-11H2. The summed E-state index contributed by atoms with van der Waals surface area (Å²) in [5, 5.41) is 3.39. The minimum absolute atomic E-state index is 0.437. The Kier molecular flexibility index (Phi) is 3.98. The van der Waals surface area contributed by atoms with Crippen LogP contribution in [0.3, 0.4) is 0 Å². The Morgan fingerprint density at radius 3 is 2.83 bits per heavy atom. The molecule has 6 heteroatoms. The van der Waals surface area contributed by atoms with Gasteiger partial charge in [-0.15, -0.1) is 0 Å². The average Bonchev–Trinajstić information content (AvgIpc) is 2.95. The second kappa shape index (κ2) is 6.28. The predicted molar refractivity (Wildman–Crippen MR) is 88.5 cm³/mol. The Bertz CT molecular complexity index is 854. The van der Waals surface area contributed by atoms with Crippen LogP contribution in [0.25, 0.3) is 22.6 Å². The summed E-state index contributed by atoms with van der Waals surface area (Å²) in [7, 11) is 0. The fourth-order valence-corrected chi connectivity index (χ4v) is 3.33. The van der Waals surface area contributed by atoms with Crippen LogP contribution in [0.1, 0.15) is 12.8 Å². The molecule has 1 fully saturated rings. The molecule has 1 aliphatic rings. The third-order valence-electron chi connectivity index (χ3n) is 4.52. The summed E-state index contributed by atoms with van der Waals surface area (Å²) < 4.78 is 29.3. The number of pyridine rings is 1. The number of nitrogens with zero attached hydrogens (tertiary/aromatic N) is 3. The van der Waals surface area contributed by atoms with Crippen LogP contribution in [-0.2, 0) is 6.54 Å². The predicted octanol–water partition coefficient (Wildman–Crippen LogP) is 3.38. The smallest absolute Gasteiger partial charge is 0.161 e. The number of aromatic nitrogens is 3. The highest BCUT2D eigenvalue weighted by molar-refractivity contribution is 5.80. The first-order chi connectivity index (χ1) is 11.7. The average molecular weight is 328 g/mol. The van der Waals surface area contributed by atoms with Gasteiger partial charge in [0.2, 0.25) is 0 Å². The number of benzene rings is 1. The van der Waals surface area contributed by atoms with Crippen molar-refractivity contribution in [3.8, 4) is 11.5 Å². The highest BCUT2D eigenvalue weighted by Gasteiger charge is 2.20. The molecule has 1 saturated heterocycles. The summed E-state index contributed by atoms with van der Waals surface area (Å²) in [6.07, 6.45) is 3.93. The molecule has 24 heavy (non-hydrogen) atoms. The first-order valence-electron chi connectivity index (χ1n) is 8.20. The lowest BCUT2D eigenvalue weighted by Gasteiger charge is -2.24. The molecule has 0 aliphatic carbocycles. The van der Waals surface area contributed by atoms with Gasteiger partial charge in [0, 0.05) is 24.9 Å². The SMILES string of the molecule is Fc1cc2nc(-c3ccccn3)n(CC3CCCNC3)c2cc1F. The third kappa shape index (κ3) is 2.78. The van der Waals surface area contributed by atoms with Gasteiger partial charge >= 0.3 is 0 Å². The van der Waals surface area contributed by atoms with E-state index in [1.165, 1.54) is 6.07 Å². The summed E-state index contributed by atoms with van der Waals surface area (Å²) in [6.45, 7) is 2.67. The van der Waals surface area contributed by atoms with Gasteiger partial charge in [-0.3, -0.25) is 4.98 Å². The molecule has 1 atom stereocenters. The molecule has 0 radical (unpaired) electrons. The van der Waals surface area contributed by atoms with Crippen molar-refractivity contribution in [3.05, 3.63) is 48.2 Å². The van der Waals surface area contributed by atoms with Crippen molar-refractivity contribution in [1.29, 1.82) is 0 Å². The maximum absolute atomic E-state index is 13.8. The van der Waals surface area contributed by atoms with Gasteiger partial charge in [-0.25, -0.2) is 13.8 Å². The molecule has 4 nitrogen and oxygen atoms in total. The summed E-state index contributed by atoms with van der Waals surface area (Å²) in [6, 6.07) is 7.98. The Hall–Kier alpha value is -2.34. The van der Waals surface area contributed by atoms with Crippen molar-refractivity contribution in [1.82, 2.24) is 19.9 Å². The number of fused-ring (bicyclic) bond motifs is 1. The van der Waals surface area contributed by atoms with Gasteiger partial charge in [0.1, 0.15) is 5.69 Å². The zero-order chi connectivity index (χ0) is 16.5. The van der Waals surface area contributed by atoms with E-state index < -0.39 is 11.6 Å². The van der Waals surface area contributed by atoms with Gasteiger partial charge in [-0.2, -0.15) is 0 Å². The zero-order valence-corrected chi connectivity index (χ0v) is 13.2. The molecule has 0 bridgehead atoms. The molecular weight excluding hydrogens is 310 g/mol. The van der Waals surface area contributed by atoms with Gasteiger partial charge in [0.15, 0.2) is 17.5 Å². The number of hydrogen-bond donors (Lipinski definition) is 1. The van der Waals surface area contributed by atoms with E-state index in [0.29, 0.717) is 35.0 Å². The summed E-state index contributed by atoms with van der Waals surface area (Å²) in [5.41, 5.74) is 1.77. The van der Waals surface area contributed by atoms with E-state index >= 15 is 0 Å². The number of halogens is 2. The third-order valence-corrected chi connectivity index (χ3v) is 4.52. The van der Waals surface area contributed by atoms with E-state index in [9.17, 15) is 8.78 Å². The van der Waals surface area contributed by atoms with E-state index in [0.717, 1.165) is 32.0 Å². The highest BCUT2D eigenvalue weighted by Crippen LogP contribution is 2.27. The Labute approximate surface area is 138 Å². The molecule has 124 valence electrons. The molecule has 0 amide bonds. The van der Waals surface area contributed by atoms with E-state index in [4.69, 9.17) is 0 Å². The molecule has 3 heterocycles. The van der Waals surface area contributed by atoms with Crippen LogP contribution in [0.5, 0.6) is 0 Å². The van der Waals surface area contributed by atoms with E-state index in [-0.39, 0.29) is 0 Å². The zero-order valence-electron chi connectivity index (χ0n) is 13.2. The molecule has 0 saturated carbocycles. The van der Waals surface area contributed by atoms with Gasteiger partial charge in [0.05, 0.1) is 11.0 Å². The van der Waals surface area contributed by atoms with Crippen LogP contribution in [0.4, 0.5) is 8.78 Å². The lowest BCUT2D eigenvalue weighted by atomic mass is 9.99. The van der Waals surface area contributed by atoms with Crippen LogP contribution in [0.15, 0.2) is 36.5 Å². The molecule has 1 aliphatic heterocycles. The van der Waals surface area contributed by atoms with Crippen LogP contribution in [0.2, 0.25) is 0 Å². The number of imidazole rings is 1. The molecule has 1 aromatic carbocycles. The maximum Gasteiger partial charge on any atom is 0.161 e. The van der Waals surface area contributed by atoms with Crippen LogP contribution in [-0.4, -0.2) is 27.6 Å². The molecule has 3 aromatic rings. The van der Waals surface area contributed by atoms with Crippen molar-refractivity contribution >= 4 is 11.0 Å². The summed E-state index contributed by atoms with van der Waals surface area (Å²) >= 11 is 0. The fourth-order valence-electron chi connectivity index (χ4n) is 3.33. The fraction of sp³-hybridized carbons (Fsp3) is 0.333. The summed E-state index contributed by atoms with van der Waals surface area (Å²) in [4.78, 5) is 8.88. The second-order valence-electron chi connectivity index (χ2n) is 6.23. The first-order valence-corrected chi connectivity index (χ1v) is 8.20. The number of hydrogen-bond acceptors (Lipinski definition) is 3. The first kappa shape index (κ1) is 15.2. The maximum atomic E-state index is 13.8. The van der Waals surface area contributed by atoms with Gasteiger partial charge in [0.25, 0.3) is 0 Å². The summed E-state index contributed by atoms with van der Waals surface area (Å²) in [5.74, 6) is -0.634. The van der Waals surface area contributed by atoms with Crippen molar-refractivity contribution < 1.29 is 8.78 Å². The van der Waals surface area contributed by atoms with Crippen molar-refractivity contribution in [2.24, 2.45) is 5.92 Å². The molecule has 1 unspecified atom stereocenters.